The second-order valence-electron chi connectivity index (χ2n) is 8.37. The summed E-state index contributed by atoms with van der Waals surface area (Å²) in [6, 6.07) is 37.9. The Balaban J connectivity index is 1.11. The zero-order chi connectivity index (χ0) is 23.0. The van der Waals surface area contributed by atoms with Crippen LogP contribution in [0, 0.1) is 0 Å². The van der Waals surface area contributed by atoms with Crippen molar-refractivity contribution in [1.82, 2.24) is 10.0 Å². The van der Waals surface area contributed by atoms with Gasteiger partial charge in [0.15, 0.2) is 0 Å². The minimum Gasteiger partial charge on any atom is -0.293 e. The summed E-state index contributed by atoms with van der Waals surface area (Å²) >= 11 is 0. The van der Waals surface area contributed by atoms with E-state index in [1.165, 1.54) is 22.3 Å². The van der Waals surface area contributed by atoms with Gasteiger partial charge in [-0.05, 0) is 33.4 Å². The van der Waals surface area contributed by atoms with Gasteiger partial charge in [0.1, 0.15) is 0 Å². The van der Waals surface area contributed by atoms with E-state index in [0.29, 0.717) is 0 Å². The van der Waals surface area contributed by atoms with E-state index in [1.807, 2.05) is 24.6 Å². The summed E-state index contributed by atoms with van der Waals surface area (Å²) in [5, 5.41) is 13.6. The third-order valence-electron chi connectivity index (χ3n) is 6.01. The minimum atomic E-state index is 0.864. The number of rotatable bonds is 6. The molecule has 4 aromatic rings. The average molecular weight is 445 g/mol. The summed E-state index contributed by atoms with van der Waals surface area (Å²) in [5.41, 5.74) is 7.13. The molecule has 4 heteroatoms. The van der Waals surface area contributed by atoms with Crippen molar-refractivity contribution < 1.29 is 0 Å². The van der Waals surface area contributed by atoms with E-state index >= 15 is 0 Å². The molecule has 5 rings (SSSR count). The van der Waals surface area contributed by atoms with E-state index in [4.69, 9.17) is 0 Å². The number of piperazine rings is 1. The van der Waals surface area contributed by atoms with Gasteiger partial charge in [-0.15, -0.1) is 0 Å². The van der Waals surface area contributed by atoms with Crippen LogP contribution in [-0.4, -0.2) is 48.6 Å². The Kier molecular flexibility index (Phi) is 6.77. The zero-order valence-electron chi connectivity index (χ0n) is 19.2. The van der Waals surface area contributed by atoms with Gasteiger partial charge in [0.2, 0.25) is 0 Å². The van der Waals surface area contributed by atoms with E-state index in [9.17, 15) is 0 Å². The lowest BCUT2D eigenvalue weighted by Crippen LogP contribution is -2.41. The number of nitrogens with zero attached hydrogens (tertiary/aromatic N) is 4. The normalized spacial score (nSPS) is 14.2. The molecule has 168 valence electrons. The SMILES string of the molecule is C(=N\N1CCN(/N=C/c2ccc(-c3ccccc3)cc2)CC1)/c1ccc(-c2ccccc2)cc1. The second kappa shape index (κ2) is 10.6. The molecule has 0 aromatic heterocycles. The molecule has 0 unspecified atom stereocenters. The first-order valence-electron chi connectivity index (χ1n) is 11.7. The smallest absolute Gasteiger partial charge is 0.0553 e. The highest BCUT2D eigenvalue weighted by Gasteiger charge is 2.13. The molecule has 4 nitrogen and oxygen atoms in total. The lowest BCUT2D eigenvalue weighted by atomic mass is 10.0. The van der Waals surface area contributed by atoms with Crippen molar-refractivity contribution in [3.05, 3.63) is 120 Å². The fraction of sp³-hybridized carbons (Fsp3) is 0.133. The van der Waals surface area contributed by atoms with Crippen LogP contribution in [0.5, 0.6) is 0 Å². The standard InChI is InChI=1S/C30H28N4/c1-3-7-27(8-4-1)29-15-11-25(12-16-29)23-31-33-19-21-34(22-20-33)32-24-26-13-17-30(18-14-26)28-9-5-2-6-10-28/h1-18,23-24H,19-22H2/b31-23+,32-24+. The Morgan fingerprint density at radius 2 is 0.735 bits per heavy atom. The molecule has 4 aromatic carbocycles. The minimum absolute atomic E-state index is 0.864. The fourth-order valence-corrected chi connectivity index (χ4v) is 4.00. The molecule has 0 spiro atoms. The maximum atomic E-state index is 4.68. The van der Waals surface area contributed by atoms with Crippen LogP contribution < -0.4 is 0 Å². The van der Waals surface area contributed by atoms with Crippen molar-refractivity contribution in [3.8, 4) is 22.3 Å². The van der Waals surface area contributed by atoms with Crippen LogP contribution in [0.1, 0.15) is 11.1 Å². The molecule has 1 heterocycles. The molecule has 0 N–H and O–H groups in total. The topological polar surface area (TPSA) is 31.2 Å². The van der Waals surface area contributed by atoms with Gasteiger partial charge >= 0.3 is 0 Å². The summed E-state index contributed by atoms with van der Waals surface area (Å²) in [6.07, 6.45) is 3.89. The monoisotopic (exact) mass is 444 g/mol. The molecule has 0 bridgehead atoms. The van der Waals surface area contributed by atoms with Gasteiger partial charge in [-0.1, -0.05) is 109 Å². The van der Waals surface area contributed by atoms with Crippen molar-refractivity contribution >= 4 is 12.4 Å². The first-order chi connectivity index (χ1) is 16.8. The maximum Gasteiger partial charge on any atom is 0.0553 e. The first kappa shape index (κ1) is 21.7. The third-order valence-corrected chi connectivity index (χ3v) is 6.01. The van der Waals surface area contributed by atoms with Gasteiger partial charge in [-0.25, -0.2) is 0 Å². The molecule has 34 heavy (non-hydrogen) atoms. The van der Waals surface area contributed by atoms with Crippen LogP contribution >= 0.6 is 0 Å². The third kappa shape index (κ3) is 5.59. The molecule has 1 aliphatic rings. The molecule has 0 radical (unpaired) electrons. The predicted molar refractivity (Wildman–Crippen MR) is 142 cm³/mol. The second-order valence-corrected chi connectivity index (χ2v) is 8.37. The summed E-state index contributed by atoms with van der Waals surface area (Å²) in [6.45, 7) is 3.46. The van der Waals surface area contributed by atoms with Crippen molar-refractivity contribution in [2.45, 2.75) is 0 Å². The molecule has 0 amide bonds. The first-order valence-corrected chi connectivity index (χ1v) is 11.7. The Morgan fingerprint density at radius 1 is 0.412 bits per heavy atom. The Morgan fingerprint density at radius 3 is 1.09 bits per heavy atom. The molecule has 1 aliphatic heterocycles. The summed E-state index contributed by atoms with van der Waals surface area (Å²) in [7, 11) is 0. The van der Waals surface area contributed by atoms with Crippen molar-refractivity contribution in [2.24, 2.45) is 10.2 Å². The Hall–Kier alpha value is -4.18. The summed E-state index contributed by atoms with van der Waals surface area (Å²) in [5.74, 6) is 0. The van der Waals surface area contributed by atoms with Crippen LogP contribution in [0.15, 0.2) is 119 Å². The molecule has 1 saturated heterocycles. The van der Waals surface area contributed by atoms with Crippen LogP contribution in [0.2, 0.25) is 0 Å². The van der Waals surface area contributed by atoms with E-state index in [1.54, 1.807) is 0 Å². The largest absolute Gasteiger partial charge is 0.293 e. The lowest BCUT2D eigenvalue weighted by Gasteiger charge is -2.31. The lowest BCUT2D eigenvalue weighted by molar-refractivity contribution is 0.141. The van der Waals surface area contributed by atoms with Crippen molar-refractivity contribution in [2.75, 3.05) is 26.2 Å². The molecule has 0 saturated carbocycles. The highest BCUT2D eigenvalue weighted by molar-refractivity contribution is 5.81. The van der Waals surface area contributed by atoms with Gasteiger partial charge in [-0.3, -0.25) is 10.0 Å². The van der Waals surface area contributed by atoms with Crippen LogP contribution in [0.4, 0.5) is 0 Å². The fourth-order valence-electron chi connectivity index (χ4n) is 4.00. The molecule has 1 fully saturated rings. The van der Waals surface area contributed by atoms with Crippen LogP contribution in [-0.2, 0) is 0 Å². The average Bonchev–Trinajstić information content (AvgIpc) is 2.93. The highest BCUT2D eigenvalue weighted by Crippen LogP contribution is 2.20. The van der Waals surface area contributed by atoms with Crippen LogP contribution in [0.25, 0.3) is 22.3 Å². The van der Waals surface area contributed by atoms with Gasteiger partial charge in [0, 0.05) is 0 Å². The Bertz CT molecular complexity index is 1120. The molecule has 0 aliphatic carbocycles. The molecular weight excluding hydrogens is 416 g/mol. The predicted octanol–water partition coefficient (Wildman–Crippen LogP) is 6.01. The van der Waals surface area contributed by atoms with Crippen LogP contribution in [0.3, 0.4) is 0 Å². The van der Waals surface area contributed by atoms with Crippen molar-refractivity contribution in [3.63, 3.8) is 0 Å². The molecular formula is C30H28N4. The summed E-state index contributed by atoms with van der Waals surface area (Å²) < 4.78 is 0. The van der Waals surface area contributed by atoms with Crippen molar-refractivity contribution in [1.29, 1.82) is 0 Å². The summed E-state index contributed by atoms with van der Waals surface area (Å²) in [4.78, 5) is 0. The highest BCUT2D eigenvalue weighted by atomic mass is 15.5. The number of hydrazone groups is 2. The van der Waals surface area contributed by atoms with E-state index in [2.05, 4.69) is 117 Å². The number of hydrogen-bond donors (Lipinski definition) is 0. The van der Waals surface area contributed by atoms with E-state index < -0.39 is 0 Å². The number of hydrogen-bond acceptors (Lipinski definition) is 4. The molecule has 0 atom stereocenters. The van der Waals surface area contributed by atoms with Gasteiger partial charge < -0.3 is 0 Å². The maximum absolute atomic E-state index is 4.68. The van der Waals surface area contributed by atoms with E-state index in [-0.39, 0.29) is 0 Å². The van der Waals surface area contributed by atoms with Gasteiger partial charge in [0.25, 0.3) is 0 Å². The Labute approximate surface area is 201 Å². The van der Waals surface area contributed by atoms with Gasteiger partial charge in [0.05, 0.1) is 38.6 Å². The quantitative estimate of drug-likeness (QED) is 0.341. The number of benzene rings is 4. The van der Waals surface area contributed by atoms with E-state index in [0.717, 1.165) is 37.3 Å². The zero-order valence-corrected chi connectivity index (χ0v) is 19.2. The van der Waals surface area contributed by atoms with Gasteiger partial charge in [-0.2, -0.15) is 10.2 Å².